The van der Waals surface area contributed by atoms with Crippen molar-refractivity contribution in [2.24, 2.45) is 0 Å². The van der Waals surface area contributed by atoms with Gasteiger partial charge in [0.1, 0.15) is 5.00 Å². The second-order valence-corrected chi connectivity index (χ2v) is 4.65. The van der Waals surface area contributed by atoms with E-state index in [9.17, 15) is 0 Å². The average Bonchev–Trinajstić information content (AvgIpc) is 2.58. The first kappa shape index (κ1) is 10.3. The summed E-state index contributed by atoms with van der Waals surface area (Å²) in [7, 11) is 0. The molecule has 0 aliphatic carbocycles. The Morgan fingerprint density at radius 2 is 2.27 bits per heavy atom. The summed E-state index contributed by atoms with van der Waals surface area (Å²) < 4.78 is 0. The fraction of sp³-hybridized carbons (Fsp3) is 0.100. The average molecular weight is 240 g/mol. The van der Waals surface area contributed by atoms with E-state index >= 15 is 0 Å². The molecule has 0 aliphatic heterocycles. The normalized spacial score (nSPS) is 10.3. The number of aryl methyl sites for hydroxylation is 1. The number of halogens is 1. The van der Waals surface area contributed by atoms with E-state index in [-0.39, 0.29) is 0 Å². The first-order chi connectivity index (χ1) is 7.15. The van der Waals surface area contributed by atoms with Gasteiger partial charge < -0.3 is 11.1 Å². The van der Waals surface area contributed by atoms with Crippen LogP contribution in [0, 0.1) is 6.92 Å². The summed E-state index contributed by atoms with van der Waals surface area (Å²) in [4.78, 5) is 4.11. The number of nitrogens with one attached hydrogen (secondary N) is 1. The number of nitrogens with zero attached hydrogens (tertiary/aromatic N) is 1. The molecule has 15 heavy (non-hydrogen) atoms. The zero-order valence-corrected chi connectivity index (χ0v) is 9.69. The van der Waals surface area contributed by atoms with E-state index in [0.717, 1.165) is 16.4 Å². The predicted octanol–water partition coefficient (Wildman–Crippen LogP) is 3.43. The number of rotatable bonds is 2. The summed E-state index contributed by atoms with van der Waals surface area (Å²) in [6, 6.07) is 5.79. The molecule has 0 saturated carbocycles. The van der Waals surface area contributed by atoms with Crippen LogP contribution in [0.1, 0.15) is 5.56 Å². The van der Waals surface area contributed by atoms with Gasteiger partial charge in [0.2, 0.25) is 0 Å². The highest BCUT2D eigenvalue weighted by atomic mass is 35.5. The van der Waals surface area contributed by atoms with E-state index in [2.05, 4.69) is 10.3 Å². The van der Waals surface area contributed by atoms with Crippen molar-refractivity contribution in [3.63, 3.8) is 0 Å². The quantitative estimate of drug-likeness (QED) is 0.844. The SMILES string of the molecule is Cc1ccc(Cl)c(Nc2ncc(N)s2)c1. The molecule has 0 radical (unpaired) electrons. The van der Waals surface area contributed by atoms with Crippen molar-refractivity contribution in [3.05, 3.63) is 35.0 Å². The van der Waals surface area contributed by atoms with Crippen molar-refractivity contribution in [1.82, 2.24) is 4.98 Å². The smallest absolute Gasteiger partial charge is 0.189 e. The molecular weight excluding hydrogens is 230 g/mol. The van der Waals surface area contributed by atoms with E-state index in [4.69, 9.17) is 17.3 Å². The van der Waals surface area contributed by atoms with Gasteiger partial charge in [0, 0.05) is 0 Å². The van der Waals surface area contributed by atoms with E-state index in [0.29, 0.717) is 10.0 Å². The van der Waals surface area contributed by atoms with Gasteiger partial charge in [0.15, 0.2) is 5.13 Å². The molecule has 0 saturated heterocycles. The van der Waals surface area contributed by atoms with Crippen LogP contribution in [0.25, 0.3) is 0 Å². The summed E-state index contributed by atoms with van der Waals surface area (Å²) in [6.07, 6.45) is 1.62. The van der Waals surface area contributed by atoms with Gasteiger partial charge in [-0.1, -0.05) is 29.0 Å². The minimum Gasteiger partial charge on any atom is -0.389 e. The van der Waals surface area contributed by atoms with Gasteiger partial charge in [-0.05, 0) is 24.6 Å². The summed E-state index contributed by atoms with van der Waals surface area (Å²) in [5, 5.41) is 5.24. The molecule has 0 spiro atoms. The maximum Gasteiger partial charge on any atom is 0.189 e. The molecule has 0 bridgehead atoms. The Kier molecular flexibility index (Phi) is 2.79. The van der Waals surface area contributed by atoms with Gasteiger partial charge >= 0.3 is 0 Å². The maximum atomic E-state index is 6.04. The molecule has 5 heteroatoms. The lowest BCUT2D eigenvalue weighted by Crippen LogP contribution is -1.90. The third kappa shape index (κ3) is 2.40. The number of benzene rings is 1. The molecule has 2 aromatic rings. The number of aromatic nitrogens is 1. The number of nitrogen functional groups attached to an aromatic ring is 1. The fourth-order valence-corrected chi connectivity index (χ4v) is 1.95. The molecule has 1 aromatic carbocycles. The number of thiazole rings is 1. The summed E-state index contributed by atoms with van der Waals surface area (Å²) >= 11 is 7.43. The zero-order chi connectivity index (χ0) is 10.8. The molecule has 0 aliphatic rings. The van der Waals surface area contributed by atoms with Gasteiger partial charge in [0.05, 0.1) is 16.9 Å². The number of anilines is 3. The topological polar surface area (TPSA) is 50.9 Å². The van der Waals surface area contributed by atoms with Gasteiger partial charge in [-0.2, -0.15) is 0 Å². The molecular formula is C10H10ClN3S. The lowest BCUT2D eigenvalue weighted by atomic mass is 10.2. The Hall–Kier alpha value is -1.26. The minimum atomic E-state index is 0.675. The van der Waals surface area contributed by atoms with Crippen LogP contribution in [-0.2, 0) is 0 Å². The number of hydrogen-bond donors (Lipinski definition) is 2. The standard InChI is InChI=1S/C10H10ClN3S/c1-6-2-3-7(11)8(4-6)14-10-13-5-9(12)15-10/h2-5H,12H2,1H3,(H,13,14). The Morgan fingerprint density at radius 3 is 2.93 bits per heavy atom. The highest BCUT2D eigenvalue weighted by molar-refractivity contribution is 7.19. The summed E-state index contributed by atoms with van der Waals surface area (Å²) in [5.41, 5.74) is 7.58. The number of nitrogens with two attached hydrogens (primary N) is 1. The second-order valence-electron chi connectivity index (χ2n) is 3.18. The minimum absolute atomic E-state index is 0.675. The van der Waals surface area contributed by atoms with Crippen molar-refractivity contribution in [3.8, 4) is 0 Å². The third-order valence-electron chi connectivity index (χ3n) is 1.89. The lowest BCUT2D eigenvalue weighted by Gasteiger charge is -2.05. The molecule has 3 nitrogen and oxygen atoms in total. The van der Waals surface area contributed by atoms with E-state index in [1.807, 2.05) is 25.1 Å². The van der Waals surface area contributed by atoms with E-state index < -0.39 is 0 Å². The van der Waals surface area contributed by atoms with Gasteiger partial charge in [-0.15, -0.1) is 0 Å². The second kappa shape index (κ2) is 4.08. The van der Waals surface area contributed by atoms with Crippen LogP contribution in [0.3, 0.4) is 0 Å². The summed E-state index contributed by atoms with van der Waals surface area (Å²) in [5.74, 6) is 0. The first-order valence-corrected chi connectivity index (χ1v) is 5.59. The van der Waals surface area contributed by atoms with Gasteiger partial charge in [-0.3, -0.25) is 0 Å². The molecule has 0 amide bonds. The summed E-state index contributed by atoms with van der Waals surface area (Å²) in [6.45, 7) is 2.01. The molecule has 3 N–H and O–H groups in total. The highest BCUT2D eigenvalue weighted by Crippen LogP contribution is 2.29. The van der Waals surface area contributed by atoms with Crippen LogP contribution in [-0.4, -0.2) is 4.98 Å². The Labute approximate surface area is 96.9 Å². The Balaban J connectivity index is 2.27. The first-order valence-electron chi connectivity index (χ1n) is 4.39. The van der Waals surface area contributed by atoms with Crippen molar-refractivity contribution in [1.29, 1.82) is 0 Å². The van der Waals surface area contributed by atoms with Crippen molar-refractivity contribution in [2.45, 2.75) is 6.92 Å². The Morgan fingerprint density at radius 1 is 1.47 bits per heavy atom. The molecule has 78 valence electrons. The monoisotopic (exact) mass is 239 g/mol. The maximum absolute atomic E-state index is 6.04. The molecule has 1 heterocycles. The zero-order valence-electron chi connectivity index (χ0n) is 8.12. The largest absolute Gasteiger partial charge is 0.389 e. The Bertz CT molecular complexity index is 481. The predicted molar refractivity (Wildman–Crippen MR) is 66.0 cm³/mol. The third-order valence-corrected chi connectivity index (χ3v) is 2.96. The van der Waals surface area contributed by atoms with Crippen LogP contribution in [0.4, 0.5) is 15.8 Å². The molecule has 0 atom stereocenters. The highest BCUT2D eigenvalue weighted by Gasteiger charge is 2.03. The molecule has 0 unspecified atom stereocenters. The van der Waals surface area contributed by atoms with Crippen LogP contribution < -0.4 is 11.1 Å². The van der Waals surface area contributed by atoms with Crippen molar-refractivity contribution >= 4 is 38.8 Å². The molecule has 1 aromatic heterocycles. The van der Waals surface area contributed by atoms with E-state index in [1.165, 1.54) is 11.3 Å². The van der Waals surface area contributed by atoms with Crippen molar-refractivity contribution < 1.29 is 0 Å². The number of hydrogen-bond acceptors (Lipinski definition) is 4. The van der Waals surface area contributed by atoms with Crippen LogP contribution in [0.5, 0.6) is 0 Å². The van der Waals surface area contributed by atoms with E-state index in [1.54, 1.807) is 6.20 Å². The lowest BCUT2D eigenvalue weighted by molar-refractivity contribution is 1.38. The van der Waals surface area contributed by atoms with Crippen molar-refractivity contribution in [2.75, 3.05) is 11.1 Å². The van der Waals surface area contributed by atoms with Crippen LogP contribution in [0.15, 0.2) is 24.4 Å². The molecule has 2 rings (SSSR count). The van der Waals surface area contributed by atoms with Crippen LogP contribution in [0.2, 0.25) is 5.02 Å². The van der Waals surface area contributed by atoms with Crippen LogP contribution >= 0.6 is 22.9 Å². The molecule has 0 fully saturated rings. The van der Waals surface area contributed by atoms with Gasteiger partial charge in [-0.25, -0.2) is 4.98 Å². The fourth-order valence-electron chi connectivity index (χ4n) is 1.19. The van der Waals surface area contributed by atoms with Gasteiger partial charge in [0.25, 0.3) is 0 Å².